The summed E-state index contributed by atoms with van der Waals surface area (Å²) in [7, 11) is 1.60. The molecule has 0 radical (unpaired) electrons. The maximum atomic E-state index is 12.6. The van der Waals surface area contributed by atoms with Crippen LogP contribution in [0.5, 0.6) is 5.75 Å². The van der Waals surface area contributed by atoms with Crippen LogP contribution in [0.25, 0.3) is 0 Å². The molecule has 1 aliphatic rings. The standard InChI is InChI=1S/C19H23ClN4O2/c1-3-23-8-10-24(11-9-23)19(25)14-4-7-18(21-13-14)22-16-12-15(20)5-6-17(16)26-2/h4-7,12-13H,3,8-11H2,1-2H3,(H,21,22). The van der Waals surface area contributed by atoms with Crippen LogP contribution >= 0.6 is 11.6 Å². The molecular formula is C19H23ClN4O2. The van der Waals surface area contributed by atoms with Crippen molar-refractivity contribution in [1.29, 1.82) is 0 Å². The first-order chi connectivity index (χ1) is 12.6. The number of nitrogens with zero attached hydrogens (tertiary/aromatic N) is 3. The molecule has 6 nitrogen and oxygen atoms in total. The highest BCUT2D eigenvalue weighted by molar-refractivity contribution is 6.31. The molecule has 138 valence electrons. The van der Waals surface area contributed by atoms with Crippen molar-refractivity contribution in [3.05, 3.63) is 47.1 Å². The molecule has 0 aliphatic carbocycles. The van der Waals surface area contributed by atoms with Crippen LogP contribution in [0.4, 0.5) is 11.5 Å². The van der Waals surface area contributed by atoms with Crippen LogP contribution in [0.1, 0.15) is 17.3 Å². The van der Waals surface area contributed by atoms with Gasteiger partial charge in [-0.2, -0.15) is 0 Å². The molecule has 1 N–H and O–H groups in total. The molecule has 2 aromatic rings. The van der Waals surface area contributed by atoms with E-state index in [1.54, 1.807) is 43.6 Å². The number of aromatic nitrogens is 1. The van der Waals surface area contributed by atoms with Crippen LogP contribution in [-0.2, 0) is 0 Å². The first-order valence-electron chi connectivity index (χ1n) is 8.69. The first-order valence-corrected chi connectivity index (χ1v) is 9.06. The minimum Gasteiger partial charge on any atom is -0.495 e. The number of anilines is 2. The molecule has 3 rings (SSSR count). The minimum absolute atomic E-state index is 0.0279. The predicted molar refractivity (Wildman–Crippen MR) is 104 cm³/mol. The number of ether oxygens (including phenoxy) is 1. The van der Waals surface area contributed by atoms with E-state index in [0.29, 0.717) is 22.2 Å². The highest BCUT2D eigenvalue weighted by atomic mass is 35.5. The van der Waals surface area contributed by atoms with Gasteiger partial charge < -0.3 is 19.9 Å². The summed E-state index contributed by atoms with van der Waals surface area (Å²) >= 11 is 6.04. The largest absolute Gasteiger partial charge is 0.495 e. The van der Waals surface area contributed by atoms with Gasteiger partial charge in [-0.3, -0.25) is 4.79 Å². The van der Waals surface area contributed by atoms with Crippen molar-refractivity contribution in [2.45, 2.75) is 6.92 Å². The first kappa shape index (κ1) is 18.5. The fourth-order valence-electron chi connectivity index (χ4n) is 2.96. The Labute approximate surface area is 158 Å². The predicted octanol–water partition coefficient (Wildman–Crippen LogP) is 3.26. The molecule has 1 saturated heterocycles. The van der Waals surface area contributed by atoms with Gasteiger partial charge in [-0.05, 0) is 36.9 Å². The number of piperazine rings is 1. The zero-order chi connectivity index (χ0) is 18.5. The zero-order valence-electron chi connectivity index (χ0n) is 15.0. The van der Waals surface area contributed by atoms with E-state index in [1.807, 2.05) is 4.90 Å². The summed E-state index contributed by atoms with van der Waals surface area (Å²) in [6, 6.07) is 8.91. The molecule has 1 aliphatic heterocycles. The Morgan fingerprint density at radius 1 is 1.23 bits per heavy atom. The third-order valence-electron chi connectivity index (χ3n) is 4.54. The Morgan fingerprint density at radius 3 is 2.62 bits per heavy atom. The van der Waals surface area contributed by atoms with Gasteiger partial charge in [0.05, 0.1) is 18.4 Å². The number of hydrogen-bond donors (Lipinski definition) is 1. The third kappa shape index (κ3) is 4.26. The lowest BCUT2D eigenvalue weighted by Gasteiger charge is -2.34. The molecule has 0 saturated carbocycles. The molecule has 1 aromatic carbocycles. The van der Waals surface area contributed by atoms with Crippen molar-refractivity contribution in [2.75, 3.05) is 45.2 Å². The van der Waals surface area contributed by atoms with Gasteiger partial charge in [-0.1, -0.05) is 18.5 Å². The summed E-state index contributed by atoms with van der Waals surface area (Å²) in [5.41, 5.74) is 1.32. The summed E-state index contributed by atoms with van der Waals surface area (Å²) in [5, 5.41) is 3.77. The molecule has 0 unspecified atom stereocenters. The number of carbonyl (C=O) groups excluding carboxylic acids is 1. The number of methoxy groups -OCH3 is 1. The summed E-state index contributed by atoms with van der Waals surface area (Å²) < 4.78 is 5.32. The fraction of sp³-hybridized carbons (Fsp3) is 0.368. The number of pyridine rings is 1. The SMILES string of the molecule is CCN1CCN(C(=O)c2ccc(Nc3cc(Cl)ccc3OC)nc2)CC1. The van der Waals surface area contributed by atoms with Gasteiger partial charge in [0, 0.05) is 37.4 Å². The quantitative estimate of drug-likeness (QED) is 0.870. The fourth-order valence-corrected chi connectivity index (χ4v) is 3.13. The number of carbonyl (C=O) groups is 1. The van der Waals surface area contributed by atoms with Gasteiger partial charge in [0.2, 0.25) is 0 Å². The molecule has 1 aromatic heterocycles. The number of likely N-dealkylation sites (N-methyl/N-ethyl adjacent to an activating group) is 1. The Bertz CT molecular complexity index is 759. The minimum atomic E-state index is 0.0279. The molecule has 0 spiro atoms. The van der Waals surface area contributed by atoms with E-state index in [-0.39, 0.29) is 5.91 Å². The zero-order valence-corrected chi connectivity index (χ0v) is 15.8. The van der Waals surface area contributed by atoms with E-state index in [9.17, 15) is 4.79 Å². The lowest BCUT2D eigenvalue weighted by molar-refractivity contribution is 0.0643. The van der Waals surface area contributed by atoms with Crippen LogP contribution in [-0.4, -0.2) is 60.5 Å². The lowest BCUT2D eigenvalue weighted by atomic mass is 10.2. The average molecular weight is 375 g/mol. The second-order valence-corrected chi connectivity index (χ2v) is 6.56. The Hall–Kier alpha value is -2.31. The smallest absolute Gasteiger partial charge is 0.255 e. The van der Waals surface area contributed by atoms with Crippen LogP contribution in [0, 0.1) is 0 Å². The van der Waals surface area contributed by atoms with Crippen molar-refractivity contribution in [1.82, 2.24) is 14.8 Å². The van der Waals surface area contributed by atoms with Crippen molar-refractivity contribution in [2.24, 2.45) is 0 Å². The second kappa shape index (κ2) is 8.38. The van der Waals surface area contributed by atoms with Gasteiger partial charge in [0.25, 0.3) is 5.91 Å². The van der Waals surface area contributed by atoms with E-state index >= 15 is 0 Å². The molecule has 26 heavy (non-hydrogen) atoms. The number of rotatable bonds is 5. The summed E-state index contributed by atoms with van der Waals surface area (Å²) in [5.74, 6) is 1.32. The second-order valence-electron chi connectivity index (χ2n) is 6.13. The number of nitrogens with one attached hydrogen (secondary N) is 1. The molecule has 0 bridgehead atoms. The number of amides is 1. The molecule has 1 fully saturated rings. The van der Waals surface area contributed by atoms with Crippen molar-refractivity contribution in [3.63, 3.8) is 0 Å². The molecule has 7 heteroatoms. The number of halogens is 1. The lowest BCUT2D eigenvalue weighted by Crippen LogP contribution is -2.48. The Balaban J connectivity index is 1.67. The molecule has 0 atom stereocenters. The monoisotopic (exact) mass is 374 g/mol. The highest BCUT2D eigenvalue weighted by Gasteiger charge is 2.21. The number of hydrogen-bond acceptors (Lipinski definition) is 5. The normalized spacial score (nSPS) is 15.0. The van der Waals surface area contributed by atoms with Crippen molar-refractivity contribution < 1.29 is 9.53 Å². The van der Waals surface area contributed by atoms with Crippen LogP contribution in [0.2, 0.25) is 5.02 Å². The van der Waals surface area contributed by atoms with E-state index < -0.39 is 0 Å². The van der Waals surface area contributed by atoms with Gasteiger partial charge in [-0.25, -0.2) is 4.98 Å². The summed E-state index contributed by atoms with van der Waals surface area (Å²) in [6.07, 6.45) is 1.61. The maximum absolute atomic E-state index is 12.6. The summed E-state index contributed by atoms with van der Waals surface area (Å²) in [6.45, 7) is 6.52. The molecular weight excluding hydrogens is 352 g/mol. The average Bonchev–Trinajstić information content (AvgIpc) is 2.68. The van der Waals surface area contributed by atoms with Gasteiger partial charge in [0.1, 0.15) is 11.6 Å². The summed E-state index contributed by atoms with van der Waals surface area (Å²) in [4.78, 5) is 21.2. The van der Waals surface area contributed by atoms with E-state index in [4.69, 9.17) is 16.3 Å². The Kier molecular flexibility index (Phi) is 5.96. The maximum Gasteiger partial charge on any atom is 0.255 e. The Morgan fingerprint density at radius 2 is 2.00 bits per heavy atom. The number of benzene rings is 1. The van der Waals surface area contributed by atoms with Crippen LogP contribution < -0.4 is 10.1 Å². The van der Waals surface area contributed by atoms with Crippen LogP contribution in [0.3, 0.4) is 0 Å². The van der Waals surface area contributed by atoms with E-state index in [1.165, 1.54) is 0 Å². The van der Waals surface area contributed by atoms with Crippen molar-refractivity contribution >= 4 is 29.0 Å². The third-order valence-corrected chi connectivity index (χ3v) is 4.78. The van der Waals surface area contributed by atoms with Gasteiger partial charge in [-0.15, -0.1) is 0 Å². The highest BCUT2D eigenvalue weighted by Crippen LogP contribution is 2.29. The van der Waals surface area contributed by atoms with Crippen molar-refractivity contribution in [3.8, 4) is 5.75 Å². The van der Waals surface area contributed by atoms with E-state index in [2.05, 4.69) is 22.1 Å². The molecule has 2 heterocycles. The van der Waals surface area contributed by atoms with Gasteiger partial charge >= 0.3 is 0 Å². The molecule has 1 amide bonds. The van der Waals surface area contributed by atoms with Crippen LogP contribution in [0.15, 0.2) is 36.5 Å². The topological polar surface area (TPSA) is 57.7 Å². The van der Waals surface area contributed by atoms with Gasteiger partial charge in [0.15, 0.2) is 0 Å². The van der Waals surface area contributed by atoms with E-state index in [0.717, 1.165) is 38.4 Å².